The van der Waals surface area contributed by atoms with Crippen LogP contribution >= 0.6 is 0 Å². The average molecular weight is 359 g/mol. The zero-order chi connectivity index (χ0) is 19.3. The molecule has 0 fully saturated rings. The van der Waals surface area contributed by atoms with E-state index in [0.29, 0.717) is 24.6 Å². The standard InChI is InChI=1S/C18H21N3O5/c1-4-20(11-12-5-8-16(25-2)17(9-12)26-3)18(22)13-6-7-14(19)15(10-13)21(23)24/h5-10H,4,11,19H2,1-3H3. The van der Waals surface area contributed by atoms with Crippen molar-refractivity contribution in [2.24, 2.45) is 0 Å². The molecule has 0 radical (unpaired) electrons. The summed E-state index contributed by atoms with van der Waals surface area (Å²) < 4.78 is 10.5. The van der Waals surface area contributed by atoms with E-state index in [1.54, 1.807) is 24.1 Å². The Balaban J connectivity index is 2.27. The fraction of sp³-hybridized carbons (Fsp3) is 0.278. The van der Waals surface area contributed by atoms with Crippen molar-refractivity contribution < 1.29 is 19.2 Å². The largest absolute Gasteiger partial charge is 0.493 e. The summed E-state index contributed by atoms with van der Waals surface area (Å²) in [5, 5.41) is 11.0. The number of carbonyl (C=O) groups is 1. The quantitative estimate of drug-likeness (QED) is 0.463. The molecule has 1 amide bonds. The number of methoxy groups -OCH3 is 2. The molecule has 2 N–H and O–H groups in total. The molecule has 0 aliphatic rings. The molecule has 2 aromatic carbocycles. The Kier molecular flexibility index (Phi) is 6.00. The van der Waals surface area contributed by atoms with Crippen LogP contribution in [0.25, 0.3) is 0 Å². The summed E-state index contributed by atoms with van der Waals surface area (Å²) in [5.41, 5.74) is 6.40. The predicted molar refractivity (Wildman–Crippen MR) is 97.5 cm³/mol. The number of benzene rings is 2. The Morgan fingerprint density at radius 2 is 1.85 bits per heavy atom. The first kappa shape index (κ1) is 19.0. The van der Waals surface area contributed by atoms with Gasteiger partial charge in [-0.05, 0) is 36.8 Å². The Labute approximate surface area is 151 Å². The van der Waals surface area contributed by atoms with E-state index >= 15 is 0 Å². The summed E-state index contributed by atoms with van der Waals surface area (Å²) in [7, 11) is 3.09. The van der Waals surface area contributed by atoms with E-state index in [-0.39, 0.29) is 22.8 Å². The van der Waals surface area contributed by atoms with Gasteiger partial charge in [0.15, 0.2) is 11.5 Å². The molecule has 0 saturated heterocycles. The number of hydrogen-bond donors (Lipinski definition) is 1. The van der Waals surface area contributed by atoms with Crippen LogP contribution in [0.15, 0.2) is 36.4 Å². The fourth-order valence-corrected chi connectivity index (χ4v) is 2.54. The van der Waals surface area contributed by atoms with Crippen molar-refractivity contribution in [2.75, 3.05) is 26.5 Å². The number of nitrogens with two attached hydrogens (primary N) is 1. The molecule has 8 heteroatoms. The minimum absolute atomic E-state index is 0.0227. The zero-order valence-electron chi connectivity index (χ0n) is 14.9. The van der Waals surface area contributed by atoms with E-state index in [2.05, 4.69) is 0 Å². The average Bonchev–Trinajstić information content (AvgIpc) is 2.65. The maximum atomic E-state index is 12.8. The molecule has 0 saturated carbocycles. The van der Waals surface area contributed by atoms with Crippen molar-refractivity contribution in [3.63, 3.8) is 0 Å². The summed E-state index contributed by atoms with van der Waals surface area (Å²) in [6, 6.07) is 9.45. The smallest absolute Gasteiger partial charge is 0.292 e. The van der Waals surface area contributed by atoms with Gasteiger partial charge in [0, 0.05) is 24.7 Å². The molecule has 0 aliphatic heterocycles. The lowest BCUT2D eigenvalue weighted by Crippen LogP contribution is -2.30. The second kappa shape index (κ2) is 8.19. The number of carbonyl (C=O) groups excluding carboxylic acids is 1. The van der Waals surface area contributed by atoms with E-state index in [1.807, 2.05) is 13.0 Å². The van der Waals surface area contributed by atoms with Gasteiger partial charge in [-0.25, -0.2) is 0 Å². The molecule has 0 heterocycles. The molecule has 0 unspecified atom stereocenters. The van der Waals surface area contributed by atoms with E-state index < -0.39 is 4.92 Å². The first-order valence-corrected chi connectivity index (χ1v) is 7.95. The number of nitro groups is 1. The number of rotatable bonds is 7. The number of amides is 1. The van der Waals surface area contributed by atoms with Gasteiger partial charge in [0.05, 0.1) is 19.1 Å². The van der Waals surface area contributed by atoms with E-state index in [4.69, 9.17) is 15.2 Å². The molecule has 0 spiro atoms. The van der Waals surface area contributed by atoms with Crippen molar-refractivity contribution >= 4 is 17.3 Å². The molecule has 2 aromatic rings. The summed E-state index contributed by atoms with van der Waals surface area (Å²) in [6.45, 7) is 2.60. The lowest BCUT2D eigenvalue weighted by atomic mass is 10.1. The Morgan fingerprint density at radius 3 is 2.42 bits per heavy atom. The monoisotopic (exact) mass is 359 g/mol. The molecule has 2 rings (SSSR count). The molecule has 138 valence electrons. The topological polar surface area (TPSA) is 108 Å². The lowest BCUT2D eigenvalue weighted by Gasteiger charge is -2.22. The molecule has 0 aliphatic carbocycles. The third-order valence-corrected chi connectivity index (χ3v) is 3.96. The second-order valence-corrected chi connectivity index (χ2v) is 5.54. The number of nitrogen functional groups attached to an aromatic ring is 1. The van der Waals surface area contributed by atoms with Gasteiger partial charge in [-0.1, -0.05) is 6.07 Å². The van der Waals surface area contributed by atoms with Crippen molar-refractivity contribution in [3.05, 3.63) is 57.6 Å². The van der Waals surface area contributed by atoms with Crippen LogP contribution in [0.1, 0.15) is 22.8 Å². The van der Waals surface area contributed by atoms with Gasteiger partial charge in [0.25, 0.3) is 11.6 Å². The van der Waals surface area contributed by atoms with Crippen LogP contribution in [-0.2, 0) is 6.54 Å². The maximum Gasteiger partial charge on any atom is 0.292 e. The molecule has 0 atom stereocenters. The normalized spacial score (nSPS) is 10.3. The van der Waals surface area contributed by atoms with Crippen LogP contribution in [0.5, 0.6) is 11.5 Å². The Hall–Kier alpha value is -3.29. The van der Waals surface area contributed by atoms with Crippen LogP contribution in [0.2, 0.25) is 0 Å². The number of hydrogen-bond acceptors (Lipinski definition) is 6. The molecule has 0 bridgehead atoms. The second-order valence-electron chi connectivity index (χ2n) is 5.54. The Bertz CT molecular complexity index is 822. The van der Waals surface area contributed by atoms with Crippen molar-refractivity contribution in [1.82, 2.24) is 4.90 Å². The van der Waals surface area contributed by atoms with E-state index in [1.165, 1.54) is 25.3 Å². The number of ether oxygens (including phenoxy) is 2. The van der Waals surface area contributed by atoms with Gasteiger partial charge in [-0.2, -0.15) is 0 Å². The van der Waals surface area contributed by atoms with Crippen LogP contribution in [0.3, 0.4) is 0 Å². The van der Waals surface area contributed by atoms with Crippen LogP contribution in [0, 0.1) is 10.1 Å². The van der Waals surface area contributed by atoms with Gasteiger partial charge < -0.3 is 20.1 Å². The highest BCUT2D eigenvalue weighted by atomic mass is 16.6. The van der Waals surface area contributed by atoms with Gasteiger partial charge >= 0.3 is 0 Å². The highest BCUT2D eigenvalue weighted by Crippen LogP contribution is 2.28. The molecular weight excluding hydrogens is 338 g/mol. The summed E-state index contributed by atoms with van der Waals surface area (Å²) >= 11 is 0. The van der Waals surface area contributed by atoms with Crippen molar-refractivity contribution in [3.8, 4) is 11.5 Å². The number of nitrogens with zero attached hydrogens (tertiary/aromatic N) is 2. The van der Waals surface area contributed by atoms with E-state index in [9.17, 15) is 14.9 Å². The first-order chi connectivity index (χ1) is 12.4. The Morgan fingerprint density at radius 1 is 1.15 bits per heavy atom. The van der Waals surface area contributed by atoms with Gasteiger partial charge in [0.1, 0.15) is 5.69 Å². The predicted octanol–water partition coefficient (Wildman–Crippen LogP) is 2.86. The minimum atomic E-state index is -0.600. The van der Waals surface area contributed by atoms with Gasteiger partial charge in [-0.15, -0.1) is 0 Å². The highest BCUT2D eigenvalue weighted by molar-refractivity contribution is 5.95. The lowest BCUT2D eigenvalue weighted by molar-refractivity contribution is -0.383. The van der Waals surface area contributed by atoms with Crippen molar-refractivity contribution in [1.29, 1.82) is 0 Å². The van der Waals surface area contributed by atoms with Gasteiger partial charge in [-0.3, -0.25) is 14.9 Å². The van der Waals surface area contributed by atoms with Gasteiger partial charge in [0.2, 0.25) is 0 Å². The molecular formula is C18H21N3O5. The minimum Gasteiger partial charge on any atom is -0.493 e. The fourth-order valence-electron chi connectivity index (χ4n) is 2.54. The third kappa shape index (κ3) is 4.02. The van der Waals surface area contributed by atoms with Crippen LogP contribution in [-0.4, -0.2) is 36.5 Å². The summed E-state index contributed by atoms with van der Waals surface area (Å²) in [6.07, 6.45) is 0. The zero-order valence-corrected chi connectivity index (χ0v) is 14.9. The molecule has 0 aromatic heterocycles. The number of anilines is 1. The van der Waals surface area contributed by atoms with Crippen LogP contribution < -0.4 is 15.2 Å². The SMILES string of the molecule is CCN(Cc1ccc(OC)c(OC)c1)C(=O)c1ccc(N)c([N+](=O)[O-])c1. The molecule has 8 nitrogen and oxygen atoms in total. The summed E-state index contributed by atoms with van der Waals surface area (Å²) in [5.74, 6) is 0.849. The van der Waals surface area contributed by atoms with E-state index in [0.717, 1.165) is 5.56 Å². The van der Waals surface area contributed by atoms with Crippen molar-refractivity contribution in [2.45, 2.75) is 13.5 Å². The highest BCUT2D eigenvalue weighted by Gasteiger charge is 2.20. The maximum absolute atomic E-state index is 12.8. The van der Waals surface area contributed by atoms with Crippen LogP contribution in [0.4, 0.5) is 11.4 Å². The number of nitro benzene ring substituents is 1. The third-order valence-electron chi connectivity index (χ3n) is 3.96. The summed E-state index contributed by atoms with van der Waals surface area (Å²) in [4.78, 5) is 24.8. The molecule has 26 heavy (non-hydrogen) atoms. The first-order valence-electron chi connectivity index (χ1n) is 7.95.